The summed E-state index contributed by atoms with van der Waals surface area (Å²) >= 11 is 0. The molecule has 1 spiro atoms. The van der Waals surface area contributed by atoms with Gasteiger partial charge in [-0.15, -0.1) is 0 Å². The van der Waals surface area contributed by atoms with Crippen molar-refractivity contribution in [2.24, 2.45) is 12.5 Å². The number of carbonyl (C=O) groups excluding carboxylic acids is 2. The number of nitrogens with zero attached hydrogens (tertiary/aromatic N) is 5. The van der Waals surface area contributed by atoms with Gasteiger partial charge in [-0.1, -0.05) is 24.8 Å². The van der Waals surface area contributed by atoms with Crippen LogP contribution in [0.4, 0.5) is 23.0 Å². The number of aryl methyl sites for hydroxylation is 1. The number of ether oxygens (including phenoxy) is 2. The smallest absolute Gasteiger partial charge is 0.342 e. The van der Waals surface area contributed by atoms with Crippen LogP contribution in [0.25, 0.3) is 22.2 Å². The summed E-state index contributed by atoms with van der Waals surface area (Å²) in [5.41, 5.74) is 4.81. The third kappa shape index (κ3) is 5.35. The number of hydrogen-bond acceptors (Lipinski definition) is 9. The maximum absolute atomic E-state index is 13.2. The SMILES string of the molecule is C=CC(=O)Nc1cc(Nc2ncc(C(=O)OC(C)C)c(-c3cn(C)c4ccccc34)n2)c(OC)cc1N1CC2(CN(C)C2)C1. The van der Waals surface area contributed by atoms with Crippen molar-refractivity contribution in [1.29, 1.82) is 0 Å². The van der Waals surface area contributed by atoms with Gasteiger partial charge in [-0.25, -0.2) is 14.8 Å². The quantitative estimate of drug-likeness (QED) is 0.208. The number of nitrogens with one attached hydrogen (secondary N) is 2. The highest BCUT2D eigenvalue weighted by Crippen LogP contribution is 2.46. The first-order chi connectivity index (χ1) is 21.1. The molecule has 2 N–H and O–H groups in total. The average Bonchev–Trinajstić information content (AvgIpc) is 3.30. The van der Waals surface area contributed by atoms with Crippen molar-refractivity contribution in [2.75, 3.05) is 55.9 Å². The van der Waals surface area contributed by atoms with E-state index in [4.69, 9.17) is 14.5 Å². The highest BCUT2D eigenvalue weighted by molar-refractivity contribution is 6.04. The van der Waals surface area contributed by atoms with E-state index >= 15 is 0 Å². The molecule has 2 aliphatic heterocycles. The Bertz CT molecular complexity index is 1770. The van der Waals surface area contributed by atoms with Crippen molar-refractivity contribution in [3.05, 3.63) is 67.0 Å². The normalized spacial score (nSPS) is 15.5. The number of anilines is 4. The Morgan fingerprint density at radius 2 is 1.84 bits per heavy atom. The van der Waals surface area contributed by atoms with Gasteiger partial charge in [0.25, 0.3) is 0 Å². The first kappa shape index (κ1) is 29.2. The Morgan fingerprint density at radius 3 is 2.52 bits per heavy atom. The minimum atomic E-state index is -0.504. The van der Waals surface area contributed by atoms with E-state index < -0.39 is 5.97 Å². The van der Waals surface area contributed by atoms with E-state index in [1.165, 1.54) is 12.3 Å². The van der Waals surface area contributed by atoms with Gasteiger partial charge in [0.1, 0.15) is 11.3 Å². The summed E-state index contributed by atoms with van der Waals surface area (Å²) in [6, 6.07) is 11.7. The molecule has 0 radical (unpaired) electrons. The van der Waals surface area contributed by atoms with Gasteiger partial charge in [0.15, 0.2) is 0 Å². The number of hydrogen-bond donors (Lipinski definition) is 2. The fourth-order valence-corrected chi connectivity index (χ4v) is 6.34. The van der Waals surface area contributed by atoms with E-state index in [0.29, 0.717) is 28.2 Å². The second-order valence-corrected chi connectivity index (χ2v) is 12.0. The Hall–Kier alpha value is -4.90. The first-order valence-corrected chi connectivity index (χ1v) is 14.6. The third-order valence-electron chi connectivity index (χ3n) is 8.11. The zero-order chi connectivity index (χ0) is 31.2. The highest BCUT2D eigenvalue weighted by Gasteiger charge is 2.50. The summed E-state index contributed by atoms with van der Waals surface area (Å²) in [5.74, 6) is -0.0114. The summed E-state index contributed by atoms with van der Waals surface area (Å²) in [7, 11) is 5.67. The number of para-hydroxylation sites is 1. The number of esters is 1. The summed E-state index contributed by atoms with van der Waals surface area (Å²) in [5, 5.41) is 7.16. The lowest BCUT2D eigenvalue weighted by Gasteiger charge is -2.60. The Labute approximate surface area is 256 Å². The molecule has 44 heavy (non-hydrogen) atoms. The fraction of sp³-hybridized carbons (Fsp3) is 0.333. The van der Waals surface area contributed by atoms with Crippen molar-refractivity contribution in [2.45, 2.75) is 20.0 Å². The molecular formula is C33H37N7O4. The molecule has 11 heteroatoms. The summed E-state index contributed by atoms with van der Waals surface area (Å²) in [6.45, 7) is 11.1. The number of rotatable bonds is 9. The van der Waals surface area contributed by atoms with Gasteiger partial charge in [0.05, 0.1) is 36.0 Å². The highest BCUT2D eigenvalue weighted by atomic mass is 16.5. The van der Waals surface area contributed by atoms with Crippen LogP contribution < -0.4 is 20.3 Å². The number of amides is 1. The van der Waals surface area contributed by atoms with Crippen molar-refractivity contribution in [3.8, 4) is 17.0 Å². The van der Waals surface area contributed by atoms with E-state index in [9.17, 15) is 9.59 Å². The number of benzene rings is 2. The van der Waals surface area contributed by atoms with Crippen LogP contribution in [-0.4, -0.2) is 77.8 Å². The number of carbonyl (C=O) groups is 2. The number of fused-ring (bicyclic) bond motifs is 1. The molecule has 2 fully saturated rings. The Morgan fingerprint density at radius 1 is 1.09 bits per heavy atom. The average molecular weight is 596 g/mol. The van der Waals surface area contributed by atoms with E-state index in [1.54, 1.807) is 21.0 Å². The molecular weight excluding hydrogens is 558 g/mol. The fourth-order valence-electron chi connectivity index (χ4n) is 6.34. The lowest BCUT2D eigenvalue weighted by Crippen LogP contribution is -2.71. The monoisotopic (exact) mass is 595 g/mol. The van der Waals surface area contributed by atoms with Crippen molar-refractivity contribution >= 4 is 45.8 Å². The van der Waals surface area contributed by atoms with E-state index in [2.05, 4.69) is 39.0 Å². The molecule has 2 aromatic heterocycles. The molecule has 2 aliphatic rings. The Balaban J connectivity index is 1.39. The zero-order valence-corrected chi connectivity index (χ0v) is 25.7. The molecule has 11 nitrogen and oxygen atoms in total. The van der Waals surface area contributed by atoms with Crippen LogP contribution in [0.5, 0.6) is 5.75 Å². The van der Waals surface area contributed by atoms with Gasteiger partial charge in [0, 0.05) is 73.6 Å². The topological polar surface area (TPSA) is 114 Å². The van der Waals surface area contributed by atoms with Crippen molar-refractivity contribution < 1.29 is 19.1 Å². The maximum atomic E-state index is 13.2. The first-order valence-electron chi connectivity index (χ1n) is 14.6. The number of aromatic nitrogens is 3. The van der Waals surface area contributed by atoms with Crippen LogP contribution in [0, 0.1) is 5.41 Å². The summed E-state index contributed by atoms with van der Waals surface area (Å²) in [6.07, 6.45) is 4.36. The number of likely N-dealkylation sites (tertiary alicyclic amines) is 1. The second kappa shape index (κ2) is 11.3. The largest absolute Gasteiger partial charge is 0.494 e. The molecule has 0 saturated carbocycles. The molecule has 228 valence electrons. The Kier molecular flexibility index (Phi) is 7.50. The van der Waals surface area contributed by atoms with Gasteiger partial charge in [-0.2, -0.15) is 0 Å². The van der Waals surface area contributed by atoms with E-state index in [0.717, 1.165) is 48.3 Å². The van der Waals surface area contributed by atoms with Crippen LogP contribution in [-0.2, 0) is 16.6 Å². The summed E-state index contributed by atoms with van der Waals surface area (Å²) < 4.78 is 13.3. The van der Waals surface area contributed by atoms with Gasteiger partial charge in [-0.05, 0) is 39.1 Å². The molecule has 2 saturated heterocycles. The predicted octanol–water partition coefficient (Wildman–Crippen LogP) is 4.83. The summed E-state index contributed by atoms with van der Waals surface area (Å²) in [4.78, 5) is 39.5. The molecule has 1 amide bonds. The van der Waals surface area contributed by atoms with Crippen LogP contribution in [0.15, 0.2) is 61.4 Å². The molecule has 4 heterocycles. The van der Waals surface area contributed by atoms with E-state index in [-0.39, 0.29) is 23.5 Å². The second-order valence-electron chi connectivity index (χ2n) is 12.0. The van der Waals surface area contributed by atoms with Crippen LogP contribution in [0.1, 0.15) is 24.2 Å². The zero-order valence-electron chi connectivity index (χ0n) is 25.7. The van der Waals surface area contributed by atoms with Crippen LogP contribution >= 0.6 is 0 Å². The molecule has 0 aliphatic carbocycles. The van der Waals surface area contributed by atoms with Gasteiger partial charge in [-0.3, -0.25) is 4.79 Å². The van der Waals surface area contributed by atoms with E-state index in [1.807, 2.05) is 54.2 Å². The molecule has 4 aromatic rings. The van der Waals surface area contributed by atoms with Gasteiger partial charge < -0.3 is 34.5 Å². The third-order valence-corrected chi connectivity index (χ3v) is 8.11. The molecule has 0 bridgehead atoms. The van der Waals surface area contributed by atoms with Crippen LogP contribution in [0.2, 0.25) is 0 Å². The molecule has 0 unspecified atom stereocenters. The van der Waals surface area contributed by atoms with Crippen molar-refractivity contribution in [1.82, 2.24) is 19.4 Å². The predicted molar refractivity (Wildman–Crippen MR) is 172 cm³/mol. The maximum Gasteiger partial charge on any atom is 0.342 e. The van der Waals surface area contributed by atoms with Gasteiger partial charge >= 0.3 is 5.97 Å². The lowest BCUT2D eigenvalue weighted by molar-refractivity contribution is -0.111. The lowest BCUT2D eigenvalue weighted by atomic mass is 9.73. The number of methoxy groups -OCH3 is 1. The van der Waals surface area contributed by atoms with Crippen molar-refractivity contribution in [3.63, 3.8) is 0 Å². The minimum absolute atomic E-state index is 0.251. The molecule has 6 rings (SSSR count). The minimum Gasteiger partial charge on any atom is -0.494 e. The molecule has 2 aromatic carbocycles. The van der Waals surface area contributed by atoms with Gasteiger partial charge in [0.2, 0.25) is 11.9 Å². The standard InChI is InChI=1S/C33H37N7O4/c1-7-29(41)35-24-12-25(28(43-6)13-27(24)40-18-33(19-40)16-38(4)17-33)36-32-34-14-22(31(42)44-20(2)3)30(37-32)23-15-39(5)26-11-9-8-10-21(23)26/h7-15,20H,1,16-19H2,2-6H3,(H,35,41)(H,34,36,37). The van der Waals surface area contributed by atoms with Crippen LogP contribution in [0.3, 0.4) is 0 Å². The molecule has 0 atom stereocenters.